The van der Waals surface area contributed by atoms with Crippen LogP contribution in [0.1, 0.15) is 38.5 Å². The van der Waals surface area contributed by atoms with Crippen LogP contribution in [0.5, 0.6) is 0 Å². The van der Waals surface area contributed by atoms with E-state index in [1.807, 2.05) is 0 Å². The van der Waals surface area contributed by atoms with Crippen LogP contribution < -0.4 is 0 Å². The third-order valence-electron chi connectivity index (χ3n) is 5.19. The molecule has 2 nitrogen and oxygen atoms in total. The molecule has 0 aromatic heterocycles. The first-order valence-electron chi connectivity index (χ1n) is 6.50. The highest BCUT2D eigenvalue weighted by Gasteiger charge is 2.53. The van der Waals surface area contributed by atoms with Crippen LogP contribution in [0.3, 0.4) is 0 Å². The topological polar surface area (TPSA) is 37.3 Å². The van der Waals surface area contributed by atoms with Gasteiger partial charge in [-0.15, -0.1) is 0 Å². The van der Waals surface area contributed by atoms with Crippen LogP contribution in [0.2, 0.25) is 0 Å². The molecule has 1 unspecified atom stereocenters. The van der Waals surface area contributed by atoms with Crippen LogP contribution >= 0.6 is 7.92 Å². The van der Waals surface area contributed by atoms with Crippen molar-refractivity contribution in [2.75, 3.05) is 12.8 Å². The largest absolute Gasteiger partial charge is 0.481 e. The molecular weight excluding hydrogens is 219 g/mol. The molecule has 4 aliphatic carbocycles. The number of aliphatic carboxylic acids is 1. The molecule has 0 amide bonds. The highest BCUT2D eigenvalue weighted by molar-refractivity contribution is 7.59. The Morgan fingerprint density at radius 1 is 1.19 bits per heavy atom. The molecule has 4 aliphatic rings. The minimum Gasteiger partial charge on any atom is -0.481 e. The molecule has 4 fully saturated rings. The van der Waals surface area contributed by atoms with Gasteiger partial charge in [0.2, 0.25) is 0 Å². The van der Waals surface area contributed by atoms with Crippen molar-refractivity contribution < 1.29 is 9.90 Å². The molecule has 0 heterocycles. The summed E-state index contributed by atoms with van der Waals surface area (Å²) in [5, 5.41) is 9.48. The Balaban J connectivity index is 1.80. The fourth-order valence-electron chi connectivity index (χ4n) is 4.90. The SMILES string of the molecule is CP(CC(=O)O)C12CC3CC(CC(C3)C1)C2. The third-order valence-corrected chi connectivity index (χ3v) is 8.10. The van der Waals surface area contributed by atoms with Gasteiger partial charge in [-0.2, -0.15) is 0 Å². The van der Waals surface area contributed by atoms with Gasteiger partial charge in [0.15, 0.2) is 0 Å². The highest BCUT2D eigenvalue weighted by Crippen LogP contribution is 2.67. The molecule has 4 saturated carbocycles. The van der Waals surface area contributed by atoms with Gasteiger partial charge in [-0.3, -0.25) is 4.79 Å². The average Bonchev–Trinajstić information content (AvgIpc) is 2.13. The molecule has 4 bridgehead atoms. The Labute approximate surface area is 98.6 Å². The molecule has 0 radical (unpaired) electrons. The van der Waals surface area contributed by atoms with Gasteiger partial charge < -0.3 is 5.11 Å². The number of hydrogen-bond donors (Lipinski definition) is 1. The lowest BCUT2D eigenvalue weighted by molar-refractivity contribution is -0.134. The summed E-state index contributed by atoms with van der Waals surface area (Å²) in [4.78, 5) is 10.9. The van der Waals surface area contributed by atoms with E-state index < -0.39 is 5.97 Å². The first-order valence-corrected chi connectivity index (χ1v) is 8.48. The Hall–Kier alpha value is -0.100. The van der Waals surface area contributed by atoms with Gasteiger partial charge in [0.25, 0.3) is 0 Å². The average molecular weight is 240 g/mol. The van der Waals surface area contributed by atoms with Crippen LogP contribution in [-0.2, 0) is 4.79 Å². The molecule has 0 saturated heterocycles. The number of carboxylic acids is 1. The fourth-order valence-corrected chi connectivity index (χ4v) is 7.35. The summed E-state index contributed by atoms with van der Waals surface area (Å²) in [6.45, 7) is 2.25. The maximum absolute atomic E-state index is 10.9. The lowest BCUT2D eigenvalue weighted by Crippen LogP contribution is -2.49. The van der Waals surface area contributed by atoms with Crippen molar-refractivity contribution in [3.05, 3.63) is 0 Å². The number of rotatable bonds is 3. The molecule has 4 rings (SSSR count). The zero-order chi connectivity index (χ0) is 11.3. The second kappa shape index (κ2) is 3.70. The smallest absolute Gasteiger partial charge is 0.307 e. The molecule has 0 aromatic rings. The van der Waals surface area contributed by atoms with E-state index in [1.54, 1.807) is 0 Å². The van der Waals surface area contributed by atoms with E-state index in [4.69, 9.17) is 5.11 Å². The summed E-state index contributed by atoms with van der Waals surface area (Å²) in [6.07, 6.45) is 8.87. The molecule has 0 aromatic carbocycles. The zero-order valence-corrected chi connectivity index (χ0v) is 10.9. The van der Waals surface area contributed by atoms with E-state index >= 15 is 0 Å². The van der Waals surface area contributed by atoms with Gasteiger partial charge in [0.1, 0.15) is 0 Å². The van der Waals surface area contributed by atoms with Gasteiger partial charge >= 0.3 is 5.97 Å². The molecule has 1 atom stereocenters. The Kier molecular flexibility index (Phi) is 2.55. The van der Waals surface area contributed by atoms with Crippen LogP contribution in [0.15, 0.2) is 0 Å². The summed E-state index contributed by atoms with van der Waals surface area (Å²) >= 11 is 0. The lowest BCUT2D eigenvalue weighted by atomic mass is 9.56. The monoisotopic (exact) mass is 240 g/mol. The second-order valence-electron chi connectivity index (χ2n) is 6.39. The zero-order valence-electron chi connectivity index (χ0n) is 9.98. The van der Waals surface area contributed by atoms with Crippen molar-refractivity contribution in [1.82, 2.24) is 0 Å². The van der Waals surface area contributed by atoms with Crippen LogP contribution in [0, 0.1) is 17.8 Å². The quantitative estimate of drug-likeness (QED) is 0.769. The van der Waals surface area contributed by atoms with Gasteiger partial charge in [-0.25, -0.2) is 0 Å². The summed E-state index contributed by atoms with van der Waals surface area (Å²) in [5.74, 6) is 2.27. The Morgan fingerprint density at radius 3 is 2.00 bits per heavy atom. The normalized spacial score (nSPS) is 46.9. The van der Waals surface area contributed by atoms with E-state index in [0.29, 0.717) is 11.3 Å². The van der Waals surface area contributed by atoms with Crippen molar-refractivity contribution in [3.63, 3.8) is 0 Å². The van der Waals surface area contributed by atoms with E-state index in [1.165, 1.54) is 38.5 Å². The standard InChI is InChI=1S/C13H21O2P/c1-16(8-12(14)15)13-5-9-2-10(6-13)4-11(3-9)7-13/h9-11H,2-8H2,1H3,(H,14,15). The third kappa shape index (κ3) is 1.70. The second-order valence-corrected chi connectivity index (χ2v) is 9.05. The predicted molar refractivity (Wildman–Crippen MR) is 66.2 cm³/mol. The van der Waals surface area contributed by atoms with Gasteiger partial charge in [-0.1, -0.05) is 7.92 Å². The maximum atomic E-state index is 10.9. The van der Waals surface area contributed by atoms with Crippen molar-refractivity contribution in [1.29, 1.82) is 0 Å². The number of carbonyl (C=O) groups is 1. The number of carboxylic acid groups (broad SMARTS) is 1. The molecule has 3 heteroatoms. The van der Waals surface area contributed by atoms with Crippen molar-refractivity contribution in [2.24, 2.45) is 17.8 Å². The lowest BCUT2D eigenvalue weighted by Gasteiger charge is -2.59. The minimum atomic E-state index is -0.579. The van der Waals surface area contributed by atoms with Gasteiger partial charge in [0, 0.05) is 0 Å². The molecule has 0 spiro atoms. The first-order chi connectivity index (χ1) is 7.57. The summed E-state index contributed by atoms with van der Waals surface area (Å²) in [7, 11) is -0.294. The number of hydrogen-bond acceptors (Lipinski definition) is 1. The minimum absolute atomic E-state index is 0.294. The Morgan fingerprint density at radius 2 is 1.62 bits per heavy atom. The van der Waals surface area contributed by atoms with E-state index in [0.717, 1.165) is 17.8 Å². The van der Waals surface area contributed by atoms with Gasteiger partial charge in [0.05, 0.1) is 6.16 Å². The van der Waals surface area contributed by atoms with Crippen LogP contribution in [0.25, 0.3) is 0 Å². The summed E-state index contributed by atoms with van der Waals surface area (Å²) in [5.41, 5.74) is 0. The van der Waals surface area contributed by atoms with Crippen LogP contribution in [-0.4, -0.2) is 29.1 Å². The van der Waals surface area contributed by atoms with Crippen LogP contribution in [0.4, 0.5) is 0 Å². The van der Waals surface area contributed by atoms with Gasteiger partial charge in [-0.05, 0) is 68.1 Å². The summed E-state index contributed by atoms with van der Waals surface area (Å²) in [6, 6.07) is 0. The summed E-state index contributed by atoms with van der Waals surface area (Å²) < 4.78 is 0. The van der Waals surface area contributed by atoms with Crippen molar-refractivity contribution >= 4 is 13.9 Å². The van der Waals surface area contributed by atoms with E-state index in [9.17, 15) is 4.79 Å². The van der Waals surface area contributed by atoms with E-state index in [-0.39, 0.29) is 7.92 Å². The highest BCUT2D eigenvalue weighted by atomic mass is 31.1. The van der Waals surface area contributed by atoms with Crippen molar-refractivity contribution in [2.45, 2.75) is 43.7 Å². The predicted octanol–water partition coefficient (Wildman–Crippen LogP) is 3.15. The Bertz CT molecular complexity index is 278. The first kappa shape index (κ1) is 11.0. The fraction of sp³-hybridized carbons (Fsp3) is 0.923. The molecule has 0 aliphatic heterocycles. The van der Waals surface area contributed by atoms with E-state index in [2.05, 4.69) is 6.66 Å². The molecular formula is C13H21O2P. The molecule has 1 N–H and O–H groups in total. The molecule has 16 heavy (non-hydrogen) atoms. The maximum Gasteiger partial charge on any atom is 0.307 e. The van der Waals surface area contributed by atoms with Crippen molar-refractivity contribution in [3.8, 4) is 0 Å². The molecule has 90 valence electrons.